The molecule has 6 nitrogen and oxygen atoms in total. The second kappa shape index (κ2) is 7.82. The Morgan fingerprint density at radius 1 is 1.50 bits per heavy atom. The third kappa shape index (κ3) is 8.70. The van der Waals surface area contributed by atoms with Gasteiger partial charge in [-0.15, -0.1) is 11.8 Å². The van der Waals surface area contributed by atoms with Gasteiger partial charge >= 0.3 is 12.1 Å². The van der Waals surface area contributed by atoms with Gasteiger partial charge in [-0.3, -0.25) is 0 Å². The molecule has 102 valence electrons. The van der Waals surface area contributed by atoms with Crippen LogP contribution in [0.1, 0.15) is 27.2 Å². The molecule has 0 aromatic heterocycles. The summed E-state index contributed by atoms with van der Waals surface area (Å²) in [5.41, 5.74) is -0.664. The van der Waals surface area contributed by atoms with Crippen molar-refractivity contribution in [1.82, 2.24) is 5.32 Å². The fourth-order valence-electron chi connectivity index (χ4n) is 1.03. The maximum Gasteiger partial charge on any atom is 0.408 e. The van der Waals surface area contributed by atoms with E-state index in [1.165, 1.54) is 11.8 Å². The number of hydrogen-bond donors (Lipinski definition) is 2. The molecule has 2 N–H and O–H groups in total. The van der Waals surface area contributed by atoms with Crippen LogP contribution in [0.2, 0.25) is 0 Å². The summed E-state index contributed by atoms with van der Waals surface area (Å²) in [5.74, 6) is -0.322. The number of carbonyl (C=O) groups excluding carboxylic acids is 1. The van der Waals surface area contributed by atoms with E-state index >= 15 is 0 Å². The molecule has 0 aliphatic rings. The number of nitriles is 1. The lowest BCUT2D eigenvalue weighted by molar-refractivity contribution is -0.139. The Balaban J connectivity index is 4.16. The fraction of sp³-hybridized carbons (Fsp3) is 0.727. The first-order valence-corrected chi connectivity index (χ1v) is 6.58. The Hall–Kier alpha value is -1.42. The van der Waals surface area contributed by atoms with Crippen molar-refractivity contribution in [2.24, 2.45) is 0 Å². The summed E-state index contributed by atoms with van der Waals surface area (Å²) in [5, 5.41) is 19.6. The molecule has 0 rings (SSSR count). The summed E-state index contributed by atoms with van der Waals surface area (Å²) < 4.78 is 4.97. The zero-order valence-corrected chi connectivity index (χ0v) is 11.5. The Kier molecular flexibility index (Phi) is 7.20. The quantitative estimate of drug-likeness (QED) is 0.714. The summed E-state index contributed by atoms with van der Waals surface area (Å²) in [7, 11) is 0. The normalized spacial score (nSPS) is 12.3. The minimum atomic E-state index is -1.11. The predicted octanol–water partition coefficient (Wildman–Crippen LogP) is 1.61. The van der Waals surface area contributed by atoms with E-state index in [1.807, 2.05) is 6.07 Å². The molecule has 0 saturated heterocycles. The van der Waals surface area contributed by atoms with E-state index in [4.69, 9.17) is 15.1 Å². The van der Waals surface area contributed by atoms with Gasteiger partial charge in [0.05, 0.1) is 11.8 Å². The van der Waals surface area contributed by atoms with Crippen molar-refractivity contribution in [2.75, 3.05) is 11.5 Å². The van der Waals surface area contributed by atoms with E-state index < -0.39 is 23.7 Å². The standard InChI is InChI=1S/C11H18N2O4S/c1-11(2,3)17-10(16)13-8(9(14)15)4-6-18-7-5-12/h8H,4,6-7H2,1-3H3,(H,13,16)(H,14,15). The van der Waals surface area contributed by atoms with Gasteiger partial charge in [0.2, 0.25) is 0 Å². The van der Waals surface area contributed by atoms with Crippen molar-refractivity contribution in [2.45, 2.75) is 38.8 Å². The Bertz CT molecular complexity index is 333. The summed E-state index contributed by atoms with van der Waals surface area (Å²) in [6.07, 6.45) is -0.499. The Morgan fingerprint density at radius 2 is 2.11 bits per heavy atom. The van der Waals surface area contributed by atoms with Gasteiger partial charge in [-0.05, 0) is 32.9 Å². The number of amides is 1. The molecule has 0 radical (unpaired) electrons. The van der Waals surface area contributed by atoms with E-state index in [9.17, 15) is 9.59 Å². The summed E-state index contributed by atoms with van der Waals surface area (Å²) >= 11 is 1.32. The molecule has 7 heteroatoms. The number of alkyl carbamates (subject to hydrolysis) is 1. The average Bonchev–Trinajstić information content (AvgIpc) is 2.19. The molecule has 0 aromatic carbocycles. The van der Waals surface area contributed by atoms with E-state index in [2.05, 4.69) is 5.32 Å². The van der Waals surface area contributed by atoms with Crippen LogP contribution in [-0.2, 0) is 9.53 Å². The number of carboxylic acids is 1. The van der Waals surface area contributed by atoms with Crippen molar-refractivity contribution >= 4 is 23.8 Å². The molecule has 1 atom stereocenters. The molecule has 0 aromatic rings. The van der Waals surface area contributed by atoms with Gasteiger partial charge in [-0.2, -0.15) is 5.26 Å². The highest BCUT2D eigenvalue weighted by Gasteiger charge is 2.23. The van der Waals surface area contributed by atoms with Crippen molar-refractivity contribution in [3.63, 3.8) is 0 Å². The molecule has 0 aliphatic carbocycles. The highest BCUT2D eigenvalue weighted by atomic mass is 32.2. The lowest BCUT2D eigenvalue weighted by Gasteiger charge is -2.21. The number of carbonyl (C=O) groups is 2. The van der Waals surface area contributed by atoms with Crippen LogP contribution in [0.4, 0.5) is 4.79 Å². The molecule has 18 heavy (non-hydrogen) atoms. The molecule has 1 unspecified atom stereocenters. The highest BCUT2D eigenvalue weighted by molar-refractivity contribution is 7.99. The number of rotatable bonds is 6. The SMILES string of the molecule is CC(C)(C)OC(=O)NC(CCSCC#N)C(=O)O. The maximum atomic E-state index is 11.4. The van der Waals surface area contributed by atoms with Crippen LogP contribution >= 0.6 is 11.8 Å². The Morgan fingerprint density at radius 3 is 2.56 bits per heavy atom. The van der Waals surface area contributed by atoms with Crippen LogP contribution in [0.15, 0.2) is 0 Å². The minimum Gasteiger partial charge on any atom is -0.480 e. The number of hydrogen-bond acceptors (Lipinski definition) is 5. The number of thioether (sulfide) groups is 1. The molecule has 0 spiro atoms. The smallest absolute Gasteiger partial charge is 0.408 e. The fourth-order valence-corrected chi connectivity index (χ4v) is 1.66. The second-order valence-corrected chi connectivity index (χ2v) is 5.64. The van der Waals surface area contributed by atoms with E-state index in [0.29, 0.717) is 11.5 Å². The zero-order valence-electron chi connectivity index (χ0n) is 10.7. The van der Waals surface area contributed by atoms with Gasteiger partial charge in [0.1, 0.15) is 11.6 Å². The maximum absolute atomic E-state index is 11.4. The first-order chi connectivity index (χ1) is 8.26. The number of aliphatic carboxylic acids is 1. The molecule has 1 amide bonds. The minimum absolute atomic E-state index is 0.251. The number of nitrogens with zero attached hydrogens (tertiary/aromatic N) is 1. The van der Waals surface area contributed by atoms with Gasteiger partial charge in [0.25, 0.3) is 0 Å². The monoisotopic (exact) mass is 274 g/mol. The third-order valence-corrected chi connectivity index (χ3v) is 2.56. The van der Waals surface area contributed by atoms with E-state index in [0.717, 1.165) is 0 Å². The molecule has 0 aliphatic heterocycles. The topological polar surface area (TPSA) is 99.4 Å². The van der Waals surface area contributed by atoms with Crippen molar-refractivity contribution in [3.05, 3.63) is 0 Å². The lowest BCUT2D eigenvalue weighted by atomic mass is 10.2. The highest BCUT2D eigenvalue weighted by Crippen LogP contribution is 2.08. The first kappa shape index (κ1) is 16.6. The zero-order chi connectivity index (χ0) is 14.2. The van der Waals surface area contributed by atoms with Gasteiger partial charge in [0.15, 0.2) is 0 Å². The Labute approximate surface area is 111 Å². The summed E-state index contributed by atoms with van der Waals surface area (Å²) in [6, 6.07) is 0.952. The van der Waals surface area contributed by atoms with Crippen LogP contribution in [0.3, 0.4) is 0 Å². The van der Waals surface area contributed by atoms with Gasteiger partial charge < -0.3 is 15.2 Å². The van der Waals surface area contributed by atoms with Gasteiger partial charge in [0, 0.05) is 0 Å². The summed E-state index contributed by atoms with van der Waals surface area (Å²) in [4.78, 5) is 22.3. The molecular formula is C11H18N2O4S. The van der Waals surface area contributed by atoms with Gasteiger partial charge in [-0.1, -0.05) is 0 Å². The molecule has 0 bridgehead atoms. The number of nitrogens with one attached hydrogen (secondary N) is 1. The molecule has 0 fully saturated rings. The van der Waals surface area contributed by atoms with Crippen LogP contribution < -0.4 is 5.32 Å². The van der Waals surface area contributed by atoms with Crippen LogP contribution in [0.5, 0.6) is 0 Å². The van der Waals surface area contributed by atoms with Crippen molar-refractivity contribution in [3.8, 4) is 6.07 Å². The molecule has 0 heterocycles. The molecular weight excluding hydrogens is 256 g/mol. The van der Waals surface area contributed by atoms with Crippen molar-refractivity contribution < 1.29 is 19.4 Å². The average molecular weight is 274 g/mol. The van der Waals surface area contributed by atoms with Crippen LogP contribution in [-0.4, -0.2) is 40.3 Å². The predicted molar refractivity (Wildman–Crippen MR) is 68.3 cm³/mol. The van der Waals surface area contributed by atoms with E-state index in [-0.39, 0.29) is 6.42 Å². The summed E-state index contributed by atoms with van der Waals surface area (Å²) in [6.45, 7) is 5.10. The van der Waals surface area contributed by atoms with Crippen molar-refractivity contribution in [1.29, 1.82) is 5.26 Å². The number of carboxylic acid groups (broad SMARTS) is 1. The first-order valence-electron chi connectivity index (χ1n) is 5.43. The molecule has 0 saturated carbocycles. The van der Waals surface area contributed by atoms with Gasteiger partial charge in [-0.25, -0.2) is 9.59 Å². The van der Waals surface area contributed by atoms with Crippen LogP contribution in [0.25, 0.3) is 0 Å². The van der Waals surface area contributed by atoms with E-state index in [1.54, 1.807) is 20.8 Å². The lowest BCUT2D eigenvalue weighted by Crippen LogP contribution is -2.43. The largest absolute Gasteiger partial charge is 0.480 e. The second-order valence-electron chi connectivity index (χ2n) is 4.54. The third-order valence-electron chi connectivity index (χ3n) is 1.71. The van der Waals surface area contributed by atoms with Crippen LogP contribution in [0, 0.1) is 11.3 Å². The number of ether oxygens (including phenoxy) is 1.